The van der Waals surface area contributed by atoms with E-state index in [9.17, 15) is 19.5 Å². The van der Waals surface area contributed by atoms with Gasteiger partial charge in [0.25, 0.3) is 0 Å². The van der Waals surface area contributed by atoms with Crippen molar-refractivity contribution in [2.45, 2.75) is 142 Å². The Labute approximate surface area is 311 Å². The lowest BCUT2D eigenvalue weighted by molar-refractivity contribution is -0.887. The standard InChI is InChI=1S/C43H71NO7/c1-6-8-10-12-14-16-18-19-20-21-22-24-26-28-30-32-34-42(46)51-39(37-49-36-35-40(43(47)48)44(3,4)5)38-50-41(45)33-31-29-27-25-23-17-15-13-11-9-7-2/h8,10,13-16,19-20,22,24,28,30,39-40H,6-7,9,11-12,17-18,21,23,25-27,29,31-38H2,1-5H3/p+1/b10-8+,15-13+,16-14+,20-19+,24-22+,30-28+. The van der Waals surface area contributed by atoms with Gasteiger partial charge in [0.1, 0.15) is 6.61 Å². The van der Waals surface area contributed by atoms with Crippen molar-refractivity contribution in [3.05, 3.63) is 72.9 Å². The number of aliphatic carboxylic acids is 1. The molecule has 0 saturated heterocycles. The Hall–Kier alpha value is -3.23. The fraction of sp³-hybridized carbons (Fsp3) is 0.651. The molecule has 0 aliphatic rings. The van der Waals surface area contributed by atoms with E-state index in [-0.39, 0.29) is 36.7 Å². The number of carbonyl (C=O) groups is 3. The number of unbranched alkanes of at least 4 members (excludes halogenated alkanes) is 7. The van der Waals surface area contributed by atoms with Crippen LogP contribution in [0.4, 0.5) is 0 Å². The number of hydrogen-bond acceptors (Lipinski definition) is 6. The number of allylic oxidation sites excluding steroid dienone is 12. The smallest absolute Gasteiger partial charge is 0.362 e. The Bertz CT molecular complexity index is 1060. The highest BCUT2D eigenvalue weighted by Crippen LogP contribution is 2.11. The third kappa shape index (κ3) is 32.4. The molecule has 0 aliphatic heterocycles. The first-order valence-electron chi connectivity index (χ1n) is 19.5. The predicted molar refractivity (Wildman–Crippen MR) is 210 cm³/mol. The topological polar surface area (TPSA) is 99.1 Å². The lowest BCUT2D eigenvalue weighted by atomic mass is 10.1. The van der Waals surface area contributed by atoms with Crippen molar-refractivity contribution in [2.24, 2.45) is 0 Å². The number of ether oxygens (including phenoxy) is 3. The molecule has 51 heavy (non-hydrogen) atoms. The van der Waals surface area contributed by atoms with Crippen LogP contribution in [0.1, 0.15) is 129 Å². The fourth-order valence-corrected chi connectivity index (χ4v) is 5.06. The van der Waals surface area contributed by atoms with Crippen LogP contribution in [0.25, 0.3) is 0 Å². The number of rotatable bonds is 33. The number of likely N-dealkylation sites (N-methyl/N-ethyl adjacent to an activating group) is 1. The van der Waals surface area contributed by atoms with Gasteiger partial charge in [0.05, 0.1) is 34.4 Å². The van der Waals surface area contributed by atoms with Crippen LogP contribution in [-0.4, -0.2) is 80.6 Å². The zero-order valence-electron chi connectivity index (χ0n) is 32.8. The zero-order chi connectivity index (χ0) is 37.8. The monoisotopic (exact) mass is 715 g/mol. The molecule has 0 bridgehead atoms. The average molecular weight is 715 g/mol. The van der Waals surface area contributed by atoms with Crippen LogP contribution in [0.3, 0.4) is 0 Å². The molecule has 0 aromatic heterocycles. The Morgan fingerprint density at radius 2 is 1.14 bits per heavy atom. The summed E-state index contributed by atoms with van der Waals surface area (Å²) in [5, 5.41) is 9.58. The highest BCUT2D eigenvalue weighted by atomic mass is 16.6. The normalized spacial score (nSPS) is 13.8. The second-order valence-electron chi connectivity index (χ2n) is 13.8. The van der Waals surface area contributed by atoms with Crippen LogP contribution in [0, 0.1) is 0 Å². The number of quaternary nitrogens is 1. The Morgan fingerprint density at radius 3 is 1.71 bits per heavy atom. The van der Waals surface area contributed by atoms with Gasteiger partial charge in [-0.2, -0.15) is 0 Å². The van der Waals surface area contributed by atoms with E-state index in [1.165, 1.54) is 19.3 Å². The van der Waals surface area contributed by atoms with Gasteiger partial charge < -0.3 is 23.8 Å². The van der Waals surface area contributed by atoms with E-state index < -0.39 is 24.1 Å². The van der Waals surface area contributed by atoms with Crippen molar-refractivity contribution in [1.82, 2.24) is 0 Å². The minimum atomic E-state index is -0.891. The molecule has 0 saturated carbocycles. The summed E-state index contributed by atoms with van der Waals surface area (Å²) >= 11 is 0. The van der Waals surface area contributed by atoms with Crippen molar-refractivity contribution in [2.75, 3.05) is 41.0 Å². The zero-order valence-corrected chi connectivity index (χ0v) is 32.8. The number of carbonyl (C=O) groups excluding carboxylic acids is 2. The molecule has 0 heterocycles. The molecule has 0 fully saturated rings. The second kappa shape index (κ2) is 33.9. The van der Waals surface area contributed by atoms with Crippen molar-refractivity contribution in [3.63, 3.8) is 0 Å². The Morgan fingerprint density at radius 1 is 0.608 bits per heavy atom. The van der Waals surface area contributed by atoms with Crippen molar-refractivity contribution in [1.29, 1.82) is 0 Å². The van der Waals surface area contributed by atoms with E-state index >= 15 is 0 Å². The van der Waals surface area contributed by atoms with Crippen molar-refractivity contribution < 1.29 is 38.2 Å². The van der Waals surface area contributed by atoms with Gasteiger partial charge >= 0.3 is 17.9 Å². The summed E-state index contributed by atoms with van der Waals surface area (Å²) in [6, 6.07) is -0.630. The third-order valence-corrected chi connectivity index (χ3v) is 8.10. The van der Waals surface area contributed by atoms with Crippen LogP contribution in [0.2, 0.25) is 0 Å². The lowest BCUT2D eigenvalue weighted by Crippen LogP contribution is -2.50. The summed E-state index contributed by atoms with van der Waals surface area (Å²) in [6.45, 7) is 4.46. The molecule has 0 radical (unpaired) electrons. The van der Waals surface area contributed by atoms with E-state index in [0.29, 0.717) is 19.3 Å². The van der Waals surface area contributed by atoms with Crippen LogP contribution in [0.15, 0.2) is 72.9 Å². The largest absolute Gasteiger partial charge is 0.477 e. The Balaban J connectivity index is 4.57. The van der Waals surface area contributed by atoms with Crippen LogP contribution in [0.5, 0.6) is 0 Å². The van der Waals surface area contributed by atoms with Crippen molar-refractivity contribution in [3.8, 4) is 0 Å². The number of carboxylic acids is 1. The summed E-state index contributed by atoms with van der Waals surface area (Å²) < 4.78 is 17.1. The van der Waals surface area contributed by atoms with Gasteiger partial charge in [-0.1, -0.05) is 119 Å². The average Bonchev–Trinajstić information content (AvgIpc) is 3.08. The molecular weight excluding hydrogens is 642 g/mol. The highest BCUT2D eigenvalue weighted by Gasteiger charge is 2.31. The predicted octanol–water partition coefficient (Wildman–Crippen LogP) is 10.0. The number of carboxylic acid groups (broad SMARTS) is 1. The quantitative estimate of drug-likeness (QED) is 0.0313. The molecule has 0 aliphatic carbocycles. The maximum absolute atomic E-state index is 12.6. The molecule has 1 N–H and O–H groups in total. The first-order chi connectivity index (χ1) is 24.6. The number of nitrogens with zero attached hydrogens (tertiary/aromatic N) is 1. The second-order valence-corrected chi connectivity index (χ2v) is 13.8. The van der Waals surface area contributed by atoms with Crippen LogP contribution >= 0.6 is 0 Å². The van der Waals surface area contributed by atoms with Gasteiger partial charge in [-0.25, -0.2) is 4.79 Å². The molecule has 2 atom stereocenters. The van der Waals surface area contributed by atoms with Gasteiger partial charge in [-0.05, 0) is 64.2 Å². The molecule has 8 nitrogen and oxygen atoms in total. The van der Waals surface area contributed by atoms with Crippen molar-refractivity contribution >= 4 is 17.9 Å². The molecule has 0 rings (SSSR count). The van der Waals surface area contributed by atoms with E-state index in [2.05, 4.69) is 74.6 Å². The molecule has 0 spiro atoms. The molecule has 0 aromatic rings. The first kappa shape index (κ1) is 47.8. The SMILES string of the molecule is CC/C=C/C/C=C/C/C=C/C/C=C/C/C=C/CCC(=O)OC(COCCC(C(=O)O)[N+](C)(C)C)COC(=O)CCCCCCC/C=C/CCCC. The maximum atomic E-state index is 12.6. The van der Waals surface area contributed by atoms with E-state index in [1.807, 2.05) is 33.3 Å². The van der Waals surface area contributed by atoms with E-state index in [0.717, 1.165) is 70.6 Å². The first-order valence-corrected chi connectivity index (χ1v) is 19.5. The summed E-state index contributed by atoms with van der Waals surface area (Å²) in [4.78, 5) is 36.7. The van der Waals surface area contributed by atoms with Gasteiger partial charge in [0.15, 0.2) is 12.1 Å². The summed E-state index contributed by atoms with van der Waals surface area (Å²) in [5.41, 5.74) is 0. The summed E-state index contributed by atoms with van der Waals surface area (Å²) in [7, 11) is 5.48. The molecular formula is C43H72NO7+. The third-order valence-electron chi connectivity index (χ3n) is 8.10. The molecule has 8 heteroatoms. The minimum absolute atomic E-state index is 0.0249. The molecule has 2 unspecified atom stereocenters. The number of hydrogen-bond donors (Lipinski definition) is 1. The minimum Gasteiger partial charge on any atom is -0.477 e. The summed E-state index contributed by atoms with van der Waals surface area (Å²) in [6.07, 6.45) is 41.0. The Kier molecular flexibility index (Phi) is 31.7. The van der Waals surface area contributed by atoms with Gasteiger partial charge in [0, 0.05) is 19.3 Å². The van der Waals surface area contributed by atoms with Crippen LogP contribution in [-0.2, 0) is 28.6 Å². The molecule has 0 aromatic carbocycles. The lowest BCUT2D eigenvalue weighted by Gasteiger charge is -2.31. The van der Waals surface area contributed by atoms with Gasteiger partial charge in [0.2, 0.25) is 0 Å². The highest BCUT2D eigenvalue weighted by molar-refractivity contribution is 5.72. The fourth-order valence-electron chi connectivity index (χ4n) is 5.06. The summed E-state index contributed by atoms with van der Waals surface area (Å²) in [5.74, 6) is -1.60. The molecule has 0 amide bonds. The number of esters is 2. The maximum Gasteiger partial charge on any atom is 0.362 e. The molecule has 290 valence electrons. The van der Waals surface area contributed by atoms with E-state index in [4.69, 9.17) is 14.2 Å². The van der Waals surface area contributed by atoms with Crippen LogP contribution < -0.4 is 0 Å². The van der Waals surface area contributed by atoms with Gasteiger partial charge in [-0.15, -0.1) is 0 Å². The van der Waals surface area contributed by atoms with Gasteiger partial charge in [-0.3, -0.25) is 9.59 Å². The van der Waals surface area contributed by atoms with E-state index in [1.54, 1.807) is 0 Å².